The normalized spacial score (nSPS) is 15.2. The third-order valence-electron chi connectivity index (χ3n) is 3.95. The zero-order valence-electron chi connectivity index (χ0n) is 16.2. The maximum atomic E-state index is 12.2. The molecule has 0 aliphatic carbocycles. The topological polar surface area (TPSA) is 86.9 Å². The molecule has 2 atom stereocenters. The molecule has 2 unspecified atom stereocenters. The smallest absolute Gasteiger partial charge is 0.191 e. The van der Waals surface area contributed by atoms with E-state index in [-0.39, 0.29) is 6.54 Å². The number of aliphatic hydroxyl groups is 1. The van der Waals surface area contributed by atoms with Crippen LogP contribution in [0.5, 0.6) is 0 Å². The summed E-state index contributed by atoms with van der Waals surface area (Å²) in [5.41, 5.74) is -0.117. The average molecular weight is 392 g/mol. The molecule has 0 aliphatic rings. The molecule has 0 saturated heterocycles. The lowest BCUT2D eigenvalue weighted by Crippen LogP contribution is -2.40. The Morgan fingerprint density at radius 1 is 1.22 bits per heavy atom. The van der Waals surface area contributed by atoms with Gasteiger partial charge in [0.15, 0.2) is 5.96 Å². The SMILES string of the molecule is CCNC(=NCC(C)(O)c1ccc(C)o1)NCCS(=O)Cc1ccccc1. The fourth-order valence-electron chi connectivity index (χ4n) is 2.49. The van der Waals surface area contributed by atoms with Gasteiger partial charge in [-0.1, -0.05) is 30.3 Å². The Kier molecular flexibility index (Phi) is 8.06. The molecule has 7 heteroatoms. The van der Waals surface area contributed by atoms with Gasteiger partial charge in [0.05, 0.1) is 6.54 Å². The van der Waals surface area contributed by atoms with E-state index in [0.29, 0.717) is 36.3 Å². The molecule has 0 aliphatic heterocycles. The van der Waals surface area contributed by atoms with Crippen LogP contribution in [0.15, 0.2) is 51.9 Å². The molecule has 0 bridgehead atoms. The quantitative estimate of drug-likeness (QED) is 0.451. The number of nitrogens with one attached hydrogen (secondary N) is 2. The van der Waals surface area contributed by atoms with E-state index < -0.39 is 16.4 Å². The van der Waals surface area contributed by atoms with Gasteiger partial charge in [-0.15, -0.1) is 0 Å². The van der Waals surface area contributed by atoms with Crippen LogP contribution in [0.3, 0.4) is 0 Å². The number of hydrogen-bond donors (Lipinski definition) is 3. The molecule has 2 aromatic rings. The van der Waals surface area contributed by atoms with Gasteiger partial charge in [-0.05, 0) is 38.5 Å². The molecule has 1 aromatic heterocycles. The van der Waals surface area contributed by atoms with Crippen LogP contribution in [-0.4, -0.2) is 40.7 Å². The van der Waals surface area contributed by atoms with Crippen LogP contribution in [-0.2, 0) is 22.2 Å². The Bertz CT molecular complexity index is 757. The summed E-state index contributed by atoms with van der Waals surface area (Å²) in [6.07, 6.45) is 0. The van der Waals surface area contributed by atoms with Crippen molar-refractivity contribution in [1.82, 2.24) is 10.6 Å². The minimum atomic E-state index is -1.19. The van der Waals surface area contributed by atoms with Crippen molar-refractivity contribution in [2.45, 2.75) is 32.1 Å². The van der Waals surface area contributed by atoms with E-state index in [4.69, 9.17) is 4.42 Å². The predicted octanol–water partition coefficient (Wildman–Crippen LogP) is 2.30. The van der Waals surface area contributed by atoms with Gasteiger partial charge in [-0.3, -0.25) is 4.21 Å². The van der Waals surface area contributed by atoms with E-state index in [0.717, 1.165) is 11.3 Å². The number of nitrogens with zero attached hydrogens (tertiary/aromatic N) is 1. The van der Waals surface area contributed by atoms with Crippen LogP contribution in [0, 0.1) is 6.92 Å². The lowest BCUT2D eigenvalue weighted by atomic mass is 10.0. The van der Waals surface area contributed by atoms with Crippen molar-refractivity contribution in [2.24, 2.45) is 4.99 Å². The zero-order valence-corrected chi connectivity index (χ0v) is 17.0. The summed E-state index contributed by atoms with van der Waals surface area (Å²) in [6.45, 7) is 6.87. The highest BCUT2D eigenvalue weighted by atomic mass is 32.2. The van der Waals surface area contributed by atoms with E-state index in [2.05, 4.69) is 15.6 Å². The largest absolute Gasteiger partial charge is 0.463 e. The van der Waals surface area contributed by atoms with Gasteiger partial charge in [0.25, 0.3) is 0 Å². The second-order valence-corrected chi connectivity index (χ2v) is 8.16. The Morgan fingerprint density at radius 3 is 2.59 bits per heavy atom. The van der Waals surface area contributed by atoms with Gasteiger partial charge in [0.2, 0.25) is 0 Å². The molecule has 0 spiro atoms. The van der Waals surface area contributed by atoms with E-state index >= 15 is 0 Å². The Labute approximate surface area is 163 Å². The van der Waals surface area contributed by atoms with Gasteiger partial charge < -0.3 is 20.2 Å². The van der Waals surface area contributed by atoms with E-state index in [1.54, 1.807) is 13.0 Å². The van der Waals surface area contributed by atoms with Crippen LogP contribution in [0.2, 0.25) is 0 Å². The third kappa shape index (κ3) is 7.19. The molecule has 0 amide bonds. The van der Waals surface area contributed by atoms with Gasteiger partial charge in [-0.2, -0.15) is 0 Å². The fraction of sp³-hybridized carbons (Fsp3) is 0.450. The van der Waals surface area contributed by atoms with Crippen LogP contribution >= 0.6 is 0 Å². The molecule has 1 aromatic carbocycles. The van der Waals surface area contributed by atoms with Crippen LogP contribution in [0.25, 0.3) is 0 Å². The Hall–Kier alpha value is -2.12. The van der Waals surface area contributed by atoms with E-state index in [1.807, 2.05) is 50.2 Å². The molecule has 0 radical (unpaired) electrons. The fourth-order valence-corrected chi connectivity index (χ4v) is 3.53. The van der Waals surface area contributed by atoms with Crippen LogP contribution < -0.4 is 10.6 Å². The molecule has 1 heterocycles. The summed E-state index contributed by atoms with van der Waals surface area (Å²) in [5.74, 6) is 2.89. The molecule has 3 N–H and O–H groups in total. The number of rotatable bonds is 9. The Morgan fingerprint density at radius 2 is 1.96 bits per heavy atom. The van der Waals surface area contributed by atoms with Gasteiger partial charge in [0.1, 0.15) is 17.1 Å². The van der Waals surface area contributed by atoms with Crippen molar-refractivity contribution in [3.05, 3.63) is 59.5 Å². The highest BCUT2D eigenvalue weighted by molar-refractivity contribution is 7.84. The second kappa shape index (κ2) is 10.3. The summed E-state index contributed by atoms with van der Waals surface area (Å²) >= 11 is 0. The lowest BCUT2D eigenvalue weighted by molar-refractivity contribution is 0.0428. The molecule has 0 fully saturated rings. The van der Waals surface area contributed by atoms with Crippen molar-refractivity contribution < 1.29 is 13.7 Å². The first-order valence-corrected chi connectivity index (χ1v) is 10.6. The summed E-state index contributed by atoms with van der Waals surface area (Å²) in [4.78, 5) is 4.44. The molecule has 6 nitrogen and oxygen atoms in total. The van der Waals surface area contributed by atoms with E-state index in [1.165, 1.54) is 0 Å². The minimum Gasteiger partial charge on any atom is -0.463 e. The standard InChI is InChI=1S/C20H29N3O3S/c1-4-21-19(23-15-20(3,24)18-11-10-16(2)26-18)22-12-13-27(25)14-17-8-6-5-7-9-17/h5-11,24H,4,12-15H2,1-3H3,(H2,21,22,23). The summed E-state index contributed by atoms with van der Waals surface area (Å²) in [5, 5.41) is 16.9. The first-order valence-electron chi connectivity index (χ1n) is 9.11. The number of aryl methyl sites for hydroxylation is 1. The first kappa shape index (κ1) is 21.2. The summed E-state index contributed by atoms with van der Waals surface area (Å²) in [7, 11) is -0.949. The number of furan rings is 1. The maximum Gasteiger partial charge on any atom is 0.191 e. The monoisotopic (exact) mass is 391 g/mol. The van der Waals surface area contributed by atoms with Crippen molar-refractivity contribution >= 4 is 16.8 Å². The Balaban J connectivity index is 1.85. The second-order valence-electron chi connectivity index (χ2n) is 6.58. The summed E-state index contributed by atoms with van der Waals surface area (Å²) < 4.78 is 17.7. The number of guanidine groups is 1. The van der Waals surface area contributed by atoms with Crippen molar-refractivity contribution in [2.75, 3.05) is 25.4 Å². The third-order valence-corrected chi connectivity index (χ3v) is 5.27. The molecule has 148 valence electrons. The van der Waals surface area contributed by atoms with E-state index in [9.17, 15) is 9.32 Å². The molecule has 2 rings (SSSR count). The minimum absolute atomic E-state index is 0.155. The highest BCUT2D eigenvalue weighted by Crippen LogP contribution is 2.22. The lowest BCUT2D eigenvalue weighted by Gasteiger charge is -2.19. The van der Waals surface area contributed by atoms with Gasteiger partial charge in [0, 0.05) is 35.4 Å². The van der Waals surface area contributed by atoms with Crippen molar-refractivity contribution in [3.8, 4) is 0 Å². The van der Waals surface area contributed by atoms with Gasteiger partial charge in [-0.25, -0.2) is 4.99 Å². The molecule has 27 heavy (non-hydrogen) atoms. The van der Waals surface area contributed by atoms with Crippen LogP contribution in [0.4, 0.5) is 0 Å². The summed E-state index contributed by atoms with van der Waals surface area (Å²) in [6, 6.07) is 13.4. The van der Waals surface area contributed by atoms with Crippen LogP contribution in [0.1, 0.15) is 30.9 Å². The molecular formula is C20H29N3O3S. The highest BCUT2D eigenvalue weighted by Gasteiger charge is 2.26. The van der Waals surface area contributed by atoms with Crippen molar-refractivity contribution in [3.63, 3.8) is 0 Å². The zero-order chi connectivity index (χ0) is 19.7. The first-order chi connectivity index (χ1) is 12.9. The molecular weight excluding hydrogens is 362 g/mol. The molecule has 0 saturated carbocycles. The maximum absolute atomic E-state index is 12.2. The van der Waals surface area contributed by atoms with Gasteiger partial charge >= 0.3 is 0 Å². The number of benzene rings is 1. The number of aliphatic imine (C=N–C) groups is 1. The average Bonchev–Trinajstić information content (AvgIpc) is 3.08. The van der Waals surface area contributed by atoms with Crippen molar-refractivity contribution in [1.29, 1.82) is 0 Å². The predicted molar refractivity (Wildman–Crippen MR) is 110 cm³/mol. The number of hydrogen-bond acceptors (Lipinski definition) is 4.